The van der Waals surface area contributed by atoms with Gasteiger partial charge < -0.3 is 10.6 Å². The van der Waals surface area contributed by atoms with Crippen molar-refractivity contribution in [1.29, 1.82) is 0 Å². The Morgan fingerprint density at radius 2 is 2.00 bits per heavy atom. The van der Waals surface area contributed by atoms with Crippen LogP contribution in [0.25, 0.3) is 0 Å². The Balaban J connectivity index is 1.93. The van der Waals surface area contributed by atoms with Gasteiger partial charge in [0.15, 0.2) is 0 Å². The minimum atomic E-state index is 0.283. The van der Waals surface area contributed by atoms with Crippen LogP contribution >= 0.6 is 0 Å². The number of nitrogens with two attached hydrogens (primary N) is 1. The van der Waals surface area contributed by atoms with Crippen molar-refractivity contribution in [2.45, 2.75) is 70.8 Å². The molecule has 2 fully saturated rings. The molecule has 0 spiro atoms. The molecule has 2 N–H and O–H groups in total. The van der Waals surface area contributed by atoms with Gasteiger partial charge in [-0.15, -0.1) is 0 Å². The van der Waals surface area contributed by atoms with Crippen LogP contribution in [0.5, 0.6) is 0 Å². The molecule has 2 rings (SSSR count). The molecule has 110 valence electrons. The molecule has 3 atom stereocenters. The first-order valence-corrected chi connectivity index (χ1v) is 8.23. The van der Waals surface area contributed by atoms with Crippen molar-refractivity contribution >= 4 is 5.91 Å². The second kappa shape index (κ2) is 7.28. The maximum absolute atomic E-state index is 12.8. The van der Waals surface area contributed by atoms with Gasteiger partial charge in [0.25, 0.3) is 0 Å². The Morgan fingerprint density at radius 1 is 1.16 bits per heavy atom. The number of carbonyl (C=O) groups is 1. The Kier molecular flexibility index (Phi) is 5.68. The van der Waals surface area contributed by atoms with E-state index in [-0.39, 0.29) is 5.92 Å². The number of hydrogen-bond donors (Lipinski definition) is 1. The lowest BCUT2D eigenvalue weighted by Gasteiger charge is -2.35. The molecule has 1 heterocycles. The third kappa shape index (κ3) is 3.95. The van der Waals surface area contributed by atoms with Crippen molar-refractivity contribution in [2.75, 3.05) is 13.1 Å². The monoisotopic (exact) mass is 266 g/mol. The topological polar surface area (TPSA) is 46.3 Å². The molecule has 1 aliphatic heterocycles. The summed E-state index contributed by atoms with van der Waals surface area (Å²) in [6.45, 7) is 3.98. The molecule has 0 aromatic heterocycles. The summed E-state index contributed by atoms with van der Waals surface area (Å²) in [7, 11) is 0. The highest BCUT2D eigenvalue weighted by Crippen LogP contribution is 2.33. The van der Waals surface area contributed by atoms with E-state index in [9.17, 15) is 4.79 Å². The van der Waals surface area contributed by atoms with Crippen LogP contribution in [0.2, 0.25) is 0 Å². The van der Waals surface area contributed by atoms with E-state index in [1.165, 1.54) is 38.5 Å². The normalized spacial score (nSPS) is 32.9. The molecule has 3 heteroatoms. The molecule has 3 nitrogen and oxygen atoms in total. The fourth-order valence-corrected chi connectivity index (χ4v) is 3.85. The molecule has 1 saturated carbocycles. The Morgan fingerprint density at radius 3 is 2.79 bits per heavy atom. The van der Waals surface area contributed by atoms with E-state index in [4.69, 9.17) is 5.73 Å². The number of carbonyl (C=O) groups excluding carboxylic acids is 1. The van der Waals surface area contributed by atoms with Gasteiger partial charge >= 0.3 is 0 Å². The lowest BCUT2D eigenvalue weighted by atomic mass is 9.79. The van der Waals surface area contributed by atoms with Crippen LogP contribution in [0.4, 0.5) is 0 Å². The summed E-state index contributed by atoms with van der Waals surface area (Å²) < 4.78 is 0. The Bertz CT molecular complexity index is 290. The van der Waals surface area contributed by atoms with Crippen LogP contribution in [0.1, 0.15) is 64.7 Å². The van der Waals surface area contributed by atoms with Gasteiger partial charge in [-0.1, -0.05) is 25.7 Å². The summed E-state index contributed by atoms with van der Waals surface area (Å²) in [6.07, 6.45) is 10.7. The zero-order valence-electron chi connectivity index (χ0n) is 12.4. The lowest BCUT2D eigenvalue weighted by Crippen LogP contribution is -2.43. The van der Waals surface area contributed by atoms with Crippen molar-refractivity contribution in [3.63, 3.8) is 0 Å². The number of nitrogens with zero attached hydrogens (tertiary/aromatic N) is 1. The molecule has 2 aliphatic rings. The van der Waals surface area contributed by atoms with Gasteiger partial charge in [0.05, 0.1) is 0 Å². The number of rotatable bonds is 3. The van der Waals surface area contributed by atoms with E-state index in [2.05, 4.69) is 11.8 Å². The van der Waals surface area contributed by atoms with Gasteiger partial charge in [-0.3, -0.25) is 4.79 Å². The zero-order chi connectivity index (χ0) is 13.7. The average molecular weight is 266 g/mol. The average Bonchev–Trinajstić information content (AvgIpc) is 2.63. The summed E-state index contributed by atoms with van der Waals surface area (Å²) in [4.78, 5) is 14.9. The zero-order valence-corrected chi connectivity index (χ0v) is 12.4. The summed E-state index contributed by atoms with van der Waals surface area (Å²) in [5, 5.41) is 0. The molecule has 0 aromatic carbocycles. The molecule has 0 bridgehead atoms. The smallest absolute Gasteiger partial charge is 0.225 e. The molecule has 1 saturated heterocycles. The molecular formula is C16H30N2O. The van der Waals surface area contributed by atoms with Crippen LogP contribution in [0.3, 0.4) is 0 Å². The van der Waals surface area contributed by atoms with E-state index in [1.807, 2.05) is 0 Å². The minimum Gasteiger partial charge on any atom is -0.340 e. The van der Waals surface area contributed by atoms with Crippen molar-refractivity contribution in [2.24, 2.45) is 17.6 Å². The first kappa shape index (κ1) is 14.8. The largest absolute Gasteiger partial charge is 0.340 e. The second-order valence-electron chi connectivity index (χ2n) is 6.54. The molecule has 19 heavy (non-hydrogen) atoms. The molecule has 3 unspecified atom stereocenters. The van der Waals surface area contributed by atoms with E-state index in [0.717, 1.165) is 32.4 Å². The summed E-state index contributed by atoms with van der Waals surface area (Å²) in [5.41, 5.74) is 5.67. The summed E-state index contributed by atoms with van der Waals surface area (Å²) in [5.74, 6) is 1.41. The van der Waals surface area contributed by atoms with Crippen molar-refractivity contribution in [1.82, 2.24) is 4.90 Å². The molecule has 1 aliphatic carbocycles. The van der Waals surface area contributed by atoms with Crippen LogP contribution in [0.15, 0.2) is 0 Å². The Labute approximate surface area is 117 Å². The number of amides is 1. The van der Waals surface area contributed by atoms with Crippen LogP contribution in [-0.4, -0.2) is 29.9 Å². The number of likely N-dealkylation sites (tertiary alicyclic amines) is 1. The molecular weight excluding hydrogens is 236 g/mol. The minimum absolute atomic E-state index is 0.283. The van der Waals surface area contributed by atoms with Gasteiger partial charge in [-0.2, -0.15) is 0 Å². The van der Waals surface area contributed by atoms with Crippen LogP contribution in [-0.2, 0) is 4.79 Å². The van der Waals surface area contributed by atoms with Gasteiger partial charge in [0, 0.05) is 18.5 Å². The third-order valence-electron chi connectivity index (χ3n) is 5.04. The van der Waals surface area contributed by atoms with Crippen molar-refractivity contribution < 1.29 is 4.79 Å². The first-order chi connectivity index (χ1) is 9.22. The Hall–Kier alpha value is -0.570. The lowest BCUT2D eigenvalue weighted by molar-refractivity contribution is -0.139. The number of hydrogen-bond acceptors (Lipinski definition) is 2. The highest BCUT2D eigenvalue weighted by molar-refractivity contribution is 5.79. The summed E-state index contributed by atoms with van der Waals surface area (Å²) >= 11 is 0. The standard InChI is InChI=1S/C16H30N2O/c1-13-6-3-2-4-11-18(13)16(19)15-8-5-7-14(12-15)9-10-17/h13-15H,2-12,17H2,1H3. The van der Waals surface area contributed by atoms with Gasteiger partial charge in [0.2, 0.25) is 5.91 Å². The molecule has 1 amide bonds. The van der Waals surface area contributed by atoms with Gasteiger partial charge in [-0.25, -0.2) is 0 Å². The summed E-state index contributed by atoms with van der Waals surface area (Å²) in [6, 6.07) is 0.449. The van der Waals surface area contributed by atoms with E-state index < -0.39 is 0 Å². The SMILES string of the molecule is CC1CCCCCN1C(=O)C1CCCC(CCN)C1. The first-order valence-electron chi connectivity index (χ1n) is 8.23. The highest BCUT2D eigenvalue weighted by Gasteiger charge is 2.32. The van der Waals surface area contributed by atoms with E-state index in [1.54, 1.807) is 0 Å². The van der Waals surface area contributed by atoms with Crippen molar-refractivity contribution in [3.05, 3.63) is 0 Å². The maximum atomic E-state index is 12.8. The maximum Gasteiger partial charge on any atom is 0.225 e. The molecule has 0 aromatic rings. The van der Waals surface area contributed by atoms with Gasteiger partial charge in [0.1, 0.15) is 0 Å². The quantitative estimate of drug-likeness (QED) is 0.853. The van der Waals surface area contributed by atoms with Crippen LogP contribution in [0, 0.1) is 11.8 Å². The molecule has 0 radical (unpaired) electrons. The predicted molar refractivity (Wildman–Crippen MR) is 78.8 cm³/mol. The van der Waals surface area contributed by atoms with E-state index >= 15 is 0 Å². The predicted octanol–water partition coefficient (Wildman–Crippen LogP) is 2.93. The second-order valence-corrected chi connectivity index (χ2v) is 6.54. The fraction of sp³-hybridized carbons (Fsp3) is 0.938. The highest BCUT2D eigenvalue weighted by atomic mass is 16.2. The fourth-order valence-electron chi connectivity index (χ4n) is 3.85. The van der Waals surface area contributed by atoms with Crippen LogP contribution < -0.4 is 5.73 Å². The van der Waals surface area contributed by atoms with E-state index in [0.29, 0.717) is 17.9 Å². The van der Waals surface area contributed by atoms with Gasteiger partial charge in [-0.05, 0) is 51.5 Å². The third-order valence-corrected chi connectivity index (χ3v) is 5.04. The van der Waals surface area contributed by atoms with Crippen molar-refractivity contribution in [3.8, 4) is 0 Å².